The van der Waals surface area contributed by atoms with Gasteiger partial charge in [-0.3, -0.25) is 4.79 Å². The van der Waals surface area contributed by atoms with Gasteiger partial charge in [0.2, 0.25) is 5.91 Å². The molecule has 0 aliphatic carbocycles. The van der Waals surface area contributed by atoms with E-state index in [4.69, 9.17) is 15.2 Å². The van der Waals surface area contributed by atoms with Gasteiger partial charge < -0.3 is 20.5 Å². The van der Waals surface area contributed by atoms with Crippen LogP contribution in [-0.2, 0) is 14.3 Å². The van der Waals surface area contributed by atoms with E-state index in [2.05, 4.69) is 5.32 Å². The highest BCUT2D eigenvalue weighted by molar-refractivity contribution is 5.84. The van der Waals surface area contributed by atoms with E-state index in [0.717, 1.165) is 0 Å². The number of primary amides is 1. The van der Waals surface area contributed by atoms with E-state index < -0.39 is 5.54 Å². The maximum atomic E-state index is 11.5. The van der Waals surface area contributed by atoms with Gasteiger partial charge in [0.1, 0.15) is 0 Å². The Balaban J connectivity index is 3.92. The van der Waals surface area contributed by atoms with Gasteiger partial charge in [-0.15, -0.1) is 0 Å². The van der Waals surface area contributed by atoms with Crippen LogP contribution in [0.2, 0.25) is 0 Å². The molecule has 5 heteroatoms. The zero-order valence-corrected chi connectivity index (χ0v) is 13.2. The zero-order valence-electron chi connectivity index (χ0n) is 13.2. The topological polar surface area (TPSA) is 73.6 Å². The molecule has 5 nitrogen and oxygen atoms in total. The molecule has 0 rings (SSSR count). The van der Waals surface area contributed by atoms with Crippen molar-refractivity contribution in [1.82, 2.24) is 5.32 Å². The van der Waals surface area contributed by atoms with E-state index in [1.165, 1.54) is 0 Å². The predicted molar refractivity (Wildman–Crippen MR) is 77.0 cm³/mol. The molecule has 0 aliphatic rings. The Morgan fingerprint density at radius 1 is 1.16 bits per heavy atom. The SMILES string of the molecule is CC(C)NC(C)(CCOCCOC(C)(C)C)C(N)=O. The minimum absolute atomic E-state index is 0.149. The molecule has 19 heavy (non-hydrogen) atoms. The first kappa shape index (κ1) is 18.4. The summed E-state index contributed by atoms with van der Waals surface area (Å²) in [5, 5.41) is 3.19. The van der Waals surface area contributed by atoms with Gasteiger partial charge in [0.05, 0.1) is 24.4 Å². The van der Waals surface area contributed by atoms with Crippen molar-refractivity contribution in [2.75, 3.05) is 19.8 Å². The molecular formula is C14H30N2O3. The average Bonchev–Trinajstić information content (AvgIpc) is 2.20. The summed E-state index contributed by atoms with van der Waals surface area (Å²) < 4.78 is 11.0. The third-order valence-corrected chi connectivity index (χ3v) is 2.66. The molecule has 0 heterocycles. The van der Waals surface area contributed by atoms with Gasteiger partial charge >= 0.3 is 0 Å². The molecule has 0 fully saturated rings. The molecule has 0 saturated heterocycles. The normalized spacial score (nSPS) is 15.5. The van der Waals surface area contributed by atoms with Gasteiger partial charge in [0.25, 0.3) is 0 Å². The standard InChI is InChI=1S/C14H30N2O3/c1-11(2)16-14(6,12(15)17)7-8-18-9-10-19-13(3,4)5/h11,16H,7-10H2,1-6H3,(H2,15,17). The molecule has 1 unspecified atom stereocenters. The van der Waals surface area contributed by atoms with Crippen molar-refractivity contribution in [3.63, 3.8) is 0 Å². The Kier molecular flexibility index (Phi) is 7.55. The first-order chi connectivity index (χ1) is 8.57. The van der Waals surface area contributed by atoms with Crippen LogP contribution in [0.1, 0.15) is 48.0 Å². The maximum absolute atomic E-state index is 11.5. The largest absolute Gasteiger partial charge is 0.379 e. The van der Waals surface area contributed by atoms with E-state index in [1.54, 1.807) is 0 Å². The van der Waals surface area contributed by atoms with Crippen LogP contribution in [0.15, 0.2) is 0 Å². The molecule has 0 aromatic rings. The van der Waals surface area contributed by atoms with Crippen LogP contribution in [0, 0.1) is 0 Å². The summed E-state index contributed by atoms with van der Waals surface area (Å²) in [6.45, 7) is 13.3. The highest BCUT2D eigenvalue weighted by Gasteiger charge is 2.30. The van der Waals surface area contributed by atoms with Gasteiger partial charge in [-0.2, -0.15) is 0 Å². The second-order valence-electron chi connectivity index (χ2n) is 6.32. The summed E-state index contributed by atoms with van der Waals surface area (Å²) in [7, 11) is 0. The molecule has 3 N–H and O–H groups in total. The lowest BCUT2D eigenvalue weighted by Crippen LogP contribution is -2.56. The maximum Gasteiger partial charge on any atom is 0.237 e. The number of ether oxygens (including phenoxy) is 2. The molecule has 0 bridgehead atoms. The summed E-state index contributed by atoms with van der Waals surface area (Å²) >= 11 is 0. The molecule has 0 radical (unpaired) electrons. The Morgan fingerprint density at radius 2 is 1.74 bits per heavy atom. The Bertz CT molecular complexity index is 274. The van der Waals surface area contributed by atoms with E-state index >= 15 is 0 Å². The third-order valence-electron chi connectivity index (χ3n) is 2.66. The third kappa shape index (κ3) is 8.97. The Morgan fingerprint density at radius 3 is 2.16 bits per heavy atom. The fourth-order valence-corrected chi connectivity index (χ4v) is 1.69. The first-order valence-corrected chi connectivity index (χ1v) is 6.86. The van der Waals surface area contributed by atoms with Crippen molar-refractivity contribution in [3.8, 4) is 0 Å². The second-order valence-corrected chi connectivity index (χ2v) is 6.32. The second kappa shape index (κ2) is 7.82. The van der Waals surface area contributed by atoms with E-state index in [1.807, 2.05) is 41.5 Å². The summed E-state index contributed by atoms with van der Waals surface area (Å²) in [5.74, 6) is -0.351. The summed E-state index contributed by atoms with van der Waals surface area (Å²) in [6, 6.07) is 0.196. The van der Waals surface area contributed by atoms with E-state index in [-0.39, 0.29) is 17.6 Å². The van der Waals surface area contributed by atoms with Crippen molar-refractivity contribution < 1.29 is 14.3 Å². The van der Waals surface area contributed by atoms with Crippen LogP contribution in [0.4, 0.5) is 0 Å². The van der Waals surface area contributed by atoms with Crippen molar-refractivity contribution in [1.29, 1.82) is 0 Å². The van der Waals surface area contributed by atoms with E-state index in [9.17, 15) is 4.79 Å². The van der Waals surface area contributed by atoms with Crippen LogP contribution in [0.25, 0.3) is 0 Å². The number of amides is 1. The van der Waals surface area contributed by atoms with Gasteiger partial charge in [-0.1, -0.05) is 0 Å². The molecule has 0 aromatic carbocycles. The molecule has 114 valence electrons. The molecular weight excluding hydrogens is 244 g/mol. The minimum atomic E-state index is -0.723. The molecule has 1 amide bonds. The van der Waals surface area contributed by atoms with Gasteiger partial charge in [0, 0.05) is 12.6 Å². The number of carbonyl (C=O) groups excluding carboxylic acids is 1. The minimum Gasteiger partial charge on any atom is -0.379 e. The summed E-state index contributed by atoms with van der Waals surface area (Å²) in [6.07, 6.45) is 0.552. The zero-order chi connectivity index (χ0) is 15.1. The number of nitrogens with two attached hydrogens (primary N) is 1. The number of carbonyl (C=O) groups is 1. The van der Waals surface area contributed by atoms with Gasteiger partial charge in [0.15, 0.2) is 0 Å². The fourth-order valence-electron chi connectivity index (χ4n) is 1.69. The number of rotatable bonds is 9. The number of hydrogen-bond donors (Lipinski definition) is 2. The van der Waals surface area contributed by atoms with Gasteiger partial charge in [-0.05, 0) is 48.0 Å². The predicted octanol–water partition coefficient (Wildman–Crippen LogP) is 1.45. The summed E-state index contributed by atoms with van der Waals surface area (Å²) in [4.78, 5) is 11.5. The average molecular weight is 274 g/mol. The first-order valence-electron chi connectivity index (χ1n) is 6.86. The van der Waals surface area contributed by atoms with Gasteiger partial charge in [-0.25, -0.2) is 0 Å². The smallest absolute Gasteiger partial charge is 0.237 e. The van der Waals surface area contributed by atoms with Crippen molar-refractivity contribution >= 4 is 5.91 Å². The lowest BCUT2D eigenvalue weighted by atomic mass is 9.96. The van der Waals surface area contributed by atoms with Crippen molar-refractivity contribution in [2.24, 2.45) is 5.73 Å². The lowest BCUT2D eigenvalue weighted by molar-refractivity contribution is -0.125. The number of hydrogen-bond acceptors (Lipinski definition) is 4. The lowest BCUT2D eigenvalue weighted by Gasteiger charge is -2.29. The molecule has 0 saturated carbocycles. The van der Waals surface area contributed by atoms with Crippen molar-refractivity contribution in [2.45, 2.75) is 65.1 Å². The summed E-state index contributed by atoms with van der Waals surface area (Å²) in [5.41, 5.74) is 4.56. The van der Waals surface area contributed by atoms with E-state index in [0.29, 0.717) is 26.2 Å². The van der Waals surface area contributed by atoms with Crippen LogP contribution in [-0.4, -0.2) is 42.9 Å². The molecule has 0 spiro atoms. The van der Waals surface area contributed by atoms with Crippen LogP contribution >= 0.6 is 0 Å². The Labute approximate surface area is 117 Å². The highest BCUT2D eigenvalue weighted by atomic mass is 16.5. The fraction of sp³-hybridized carbons (Fsp3) is 0.929. The highest BCUT2D eigenvalue weighted by Crippen LogP contribution is 2.11. The van der Waals surface area contributed by atoms with Crippen LogP contribution < -0.4 is 11.1 Å². The number of nitrogens with one attached hydrogen (secondary N) is 1. The van der Waals surface area contributed by atoms with Crippen molar-refractivity contribution in [3.05, 3.63) is 0 Å². The quantitative estimate of drug-likeness (QED) is 0.624. The monoisotopic (exact) mass is 274 g/mol. The Hall–Kier alpha value is -0.650. The molecule has 0 aliphatic heterocycles. The molecule has 1 atom stereocenters. The van der Waals surface area contributed by atoms with Crippen LogP contribution in [0.3, 0.4) is 0 Å². The van der Waals surface area contributed by atoms with Crippen LogP contribution in [0.5, 0.6) is 0 Å². The molecule has 0 aromatic heterocycles.